The van der Waals surface area contributed by atoms with E-state index < -0.39 is 127 Å². The van der Waals surface area contributed by atoms with E-state index in [-0.39, 0.29) is 83.0 Å². The number of hydrogen-bond acceptors (Lipinski definition) is 15. The van der Waals surface area contributed by atoms with Gasteiger partial charge >= 0.3 is 5.97 Å². The van der Waals surface area contributed by atoms with Crippen molar-refractivity contribution in [1.29, 1.82) is 0 Å². The second kappa shape index (κ2) is 34.8. The van der Waals surface area contributed by atoms with Gasteiger partial charge in [-0.25, -0.2) is 4.79 Å². The normalized spacial score (nSPS) is 17.2. The number of nitrogens with zero attached hydrogens (tertiary/aromatic N) is 4. The topological polar surface area (TPSA) is 483 Å². The largest absolute Gasteiger partial charge is 0.480 e. The van der Waals surface area contributed by atoms with Gasteiger partial charge in [-0.05, 0) is 88.8 Å². The first-order chi connectivity index (χ1) is 39.6. The SMILES string of the molecule is C[C@H](NC(=O)[C@H](CCCN=C(N)N)NC(=O)[C@@H](N)CCCCN)C(=O)N1CCC[C@H]1C(=O)NCC(=O)N[C@@H](Cc1ccccc1)C(=O)N[C@@H](CO)C(=O)N1CCC[C@H]1C(=O)N[C@@H](Cc1ccccc1)C(=O)N[C@@H](CCCN=C(N)N)C(=O)O. The molecular formula is C54H83N17O12. The Labute approximate surface area is 481 Å². The van der Waals surface area contributed by atoms with Gasteiger partial charge in [0.1, 0.15) is 48.3 Å². The summed E-state index contributed by atoms with van der Waals surface area (Å²) >= 11 is 0. The maximum Gasteiger partial charge on any atom is 0.326 e. The van der Waals surface area contributed by atoms with E-state index in [2.05, 4.69) is 47.2 Å². The van der Waals surface area contributed by atoms with Gasteiger partial charge in [0, 0.05) is 39.0 Å². The van der Waals surface area contributed by atoms with E-state index in [4.69, 9.17) is 34.4 Å². The molecule has 0 saturated carbocycles. The summed E-state index contributed by atoms with van der Waals surface area (Å²) in [6.45, 7) is 0.746. The predicted octanol–water partition coefficient (Wildman–Crippen LogP) is -4.86. The first-order valence-corrected chi connectivity index (χ1v) is 27.8. The number of nitrogens with one attached hydrogen (secondary N) is 7. The number of amides is 9. The second-order valence-corrected chi connectivity index (χ2v) is 20.4. The average Bonchev–Trinajstić information content (AvgIpc) is 4.41. The lowest BCUT2D eigenvalue weighted by molar-refractivity contribution is -0.144. The number of likely N-dealkylation sites (tertiary alicyclic amines) is 2. The summed E-state index contributed by atoms with van der Waals surface area (Å²) in [6, 6.07) is 6.15. The van der Waals surface area contributed by atoms with Gasteiger partial charge in [0.2, 0.25) is 53.2 Å². The highest BCUT2D eigenvalue weighted by Gasteiger charge is 2.41. The lowest BCUT2D eigenvalue weighted by atomic mass is 10.0. The van der Waals surface area contributed by atoms with Gasteiger partial charge in [0.25, 0.3) is 0 Å². The van der Waals surface area contributed by atoms with Crippen molar-refractivity contribution in [3.05, 3.63) is 71.8 Å². The Morgan fingerprint density at radius 2 is 1.06 bits per heavy atom. The summed E-state index contributed by atoms with van der Waals surface area (Å²) in [7, 11) is 0. The molecule has 0 bridgehead atoms. The summed E-state index contributed by atoms with van der Waals surface area (Å²) in [5.74, 6) is -8.30. The van der Waals surface area contributed by atoms with E-state index in [0.717, 1.165) is 0 Å². The highest BCUT2D eigenvalue weighted by Crippen LogP contribution is 2.21. The van der Waals surface area contributed by atoms with Crippen LogP contribution in [-0.2, 0) is 60.8 Å². The Morgan fingerprint density at radius 3 is 1.58 bits per heavy atom. The Hall–Kier alpha value is -8.44. The Bertz CT molecular complexity index is 2570. The molecule has 0 radical (unpaired) electrons. The third kappa shape index (κ3) is 22.4. The van der Waals surface area contributed by atoms with Gasteiger partial charge in [-0.1, -0.05) is 67.1 Å². The highest BCUT2D eigenvalue weighted by atomic mass is 16.4. The van der Waals surface area contributed by atoms with E-state index >= 15 is 0 Å². The van der Waals surface area contributed by atoms with Gasteiger partial charge in [0.05, 0.1) is 19.2 Å². The molecule has 0 spiro atoms. The fraction of sp³-hybridized carbons (Fsp3) is 0.556. The number of unbranched alkanes of at least 4 members (excludes halogenated alkanes) is 1. The molecule has 0 unspecified atom stereocenters. The average molecular weight is 1160 g/mol. The van der Waals surface area contributed by atoms with Gasteiger partial charge in [-0.15, -0.1) is 0 Å². The standard InChI is InChI=1S/C54H83N17O12/c1-32(64-45(75)36(19-10-24-61-53(57)58)66-44(74)35(56)18-8-9-23-55)50(80)70-26-12-21-41(70)48(78)63-30-43(73)65-38(28-33-14-4-2-5-15-33)46(76)69-40(31-72)51(81)71-27-13-22-42(71)49(79)68-39(29-34-16-6-3-7-17-34)47(77)67-37(52(82)83)20-11-25-62-54(59)60/h2-7,14-17,32,35-42,72H,8-13,18-31,55-56H2,1H3,(H,63,78)(H,64,75)(H,65,73)(H,66,74)(H,67,77)(H,68,79)(H,69,76)(H,82,83)(H4,57,58,61)(H4,59,60,62)/t32-,35-,36-,37-,38-,39-,40-,41-,42-/m0/s1. The first-order valence-electron chi connectivity index (χ1n) is 27.8. The number of nitrogens with two attached hydrogens (primary N) is 6. The lowest BCUT2D eigenvalue weighted by Gasteiger charge is -2.30. The van der Waals surface area contributed by atoms with E-state index in [1.54, 1.807) is 60.7 Å². The minimum Gasteiger partial charge on any atom is -0.480 e. The molecule has 29 heteroatoms. The molecule has 2 saturated heterocycles. The number of guanidine groups is 2. The van der Waals surface area contributed by atoms with Crippen LogP contribution >= 0.6 is 0 Å². The molecule has 4 rings (SSSR count). The first kappa shape index (κ1) is 67.1. The van der Waals surface area contributed by atoms with Crippen molar-refractivity contribution >= 4 is 71.1 Å². The molecular weight excluding hydrogens is 1080 g/mol. The van der Waals surface area contributed by atoms with Crippen molar-refractivity contribution in [1.82, 2.24) is 47.0 Å². The fourth-order valence-corrected chi connectivity index (χ4v) is 9.53. The zero-order valence-electron chi connectivity index (χ0n) is 46.8. The Balaban J connectivity index is 1.41. The van der Waals surface area contributed by atoms with Crippen LogP contribution in [0.1, 0.15) is 88.7 Å². The van der Waals surface area contributed by atoms with Crippen LogP contribution in [0.4, 0.5) is 0 Å². The maximum absolute atomic E-state index is 14.2. The maximum atomic E-state index is 14.2. The minimum absolute atomic E-state index is 0.0321. The molecule has 456 valence electrons. The summed E-state index contributed by atoms with van der Waals surface area (Å²) < 4.78 is 0. The van der Waals surface area contributed by atoms with Gasteiger partial charge in [-0.2, -0.15) is 0 Å². The zero-order valence-corrected chi connectivity index (χ0v) is 46.8. The van der Waals surface area contributed by atoms with Crippen molar-refractivity contribution in [3.8, 4) is 0 Å². The molecule has 0 aliphatic carbocycles. The summed E-state index contributed by atoms with van der Waals surface area (Å²) in [5, 5.41) is 38.5. The van der Waals surface area contributed by atoms with Crippen LogP contribution in [0.3, 0.4) is 0 Å². The van der Waals surface area contributed by atoms with Gasteiger partial charge in [-0.3, -0.25) is 53.1 Å². The van der Waals surface area contributed by atoms with Crippen LogP contribution in [0.15, 0.2) is 70.6 Å². The number of aliphatic carboxylic acids is 1. The molecule has 2 aromatic carbocycles. The van der Waals surface area contributed by atoms with E-state index in [9.17, 15) is 58.2 Å². The number of benzene rings is 2. The summed E-state index contributed by atoms with van der Waals surface area (Å²) in [6.07, 6.45) is 3.13. The number of aliphatic hydroxyl groups excluding tert-OH is 1. The van der Waals surface area contributed by atoms with Crippen molar-refractivity contribution < 1.29 is 58.2 Å². The number of hydrogen-bond donors (Lipinski definition) is 15. The number of aliphatic imine (C=N–C) groups is 2. The number of aliphatic hydroxyl groups is 1. The van der Waals surface area contributed by atoms with Crippen molar-refractivity contribution in [2.75, 3.05) is 45.9 Å². The van der Waals surface area contributed by atoms with E-state index in [1.165, 1.54) is 16.7 Å². The Kier molecular flexibility index (Phi) is 28.1. The fourth-order valence-electron chi connectivity index (χ4n) is 9.53. The molecule has 29 nitrogen and oxygen atoms in total. The van der Waals surface area contributed by atoms with E-state index in [0.29, 0.717) is 56.2 Å². The minimum atomic E-state index is -1.61. The summed E-state index contributed by atoms with van der Waals surface area (Å²) in [4.78, 5) is 146. The molecule has 2 aromatic rings. The van der Waals surface area contributed by atoms with E-state index in [1.807, 2.05) is 0 Å². The van der Waals surface area contributed by atoms with Crippen LogP contribution in [-0.4, -0.2) is 191 Å². The number of carboxylic acids is 1. The van der Waals surface area contributed by atoms with Crippen molar-refractivity contribution in [3.63, 3.8) is 0 Å². The lowest BCUT2D eigenvalue weighted by Crippen LogP contribution is -2.60. The molecule has 2 fully saturated rings. The molecule has 2 aliphatic heterocycles. The molecule has 21 N–H and O–H groups in total. The van der Waals surface area contributed by atoms with Crippen LogP contribution in [0.25, 0.3) is 0 Å². The highest BCUT2D eigenvalue weighted by molar-refractivity contribution is 5.98. The predicted molar refractivity (Wildman–Crippen MR) is 305 cm³/mol. The molecule has 2 heterocycles. The van der Waals surface area contributed by atoms with Crippen molar-refractivity contribution in [2.45, 2.75) is 145 Å². The van der Waals surface area contributed by atoms with Crippen molar-refractivity contribution in [2.24, 2.45) is 44.4 Å². The molecule has 2 aliphatic rings. The molecule has 9 amide bonds. The number of rotatable bonds is 34. The third-order valence-electron chi connectivity index (χ3n) is 13.9. The number of carbonyl (C=O) groups is 10. The smallest absolute Gasteiger partial charge is 0.326 e. The molecule has 83 heavy (non-hydrogen) atoms. The quantitative estimate of drug-likeness (QED) is 0.0177. The number of carboxylic acid groups (broad SMARTS) is 1. The zero-order chi connectivity index (χ0) is 61.0. The molecule has 0 aromatic heterocycles. The Morgan fingerprint density at radius 1 is 0.578 bits per heavy atom. The van der Waals surface area contributed by atoms with Crippen LogP contribution < -0.4 is 71.6 Å². The summed E-state index contributed by atoms with van der Waals surface area (Å²) in [5.41, 5.74) is 34.5. The molecule has 9 atom stereocenters. The van der Waals surface area contributed by atoms with Crippen LogP contribution in [0.2, 0.25) is 0 Å². The number of carbonyl (C=O) groups excluding carboxylic acids is 9. The monoisotopic (exact) mass is 1160 g/mol. The van der Waals surface area contributed by atoms with Crippen LogP contribution in [0.5, 0.6) is 0 Å². The van der Waals surface area contributed by atoms with Crippen LogP contribution in [0, 0.1) is 0 Å². The third-order valence-corrected chi connectivity index (χ3v) is 13.9. The van der Waals surface area contributed by atoms with Gasteiger partial charge < -0.3 is 91.6 Å². The van der Waals surface area contributed by atoms with Gasteiger partial charge in [0.15, 0.2) is 11.9 Å². The second-order valence-electron chi connectivity index (χ2n) is 20.4.